The molecule has 4 rings (SSSR count). The summed E-state index contributed by atoms with van der Waals surface area (Å²) in [5.74, 6) is -4.39. The standard InChI is InChI=1S/C18H23N9O10S3/c19-3-4-39(32,33)8-9-5-21-26(24-9)6-11-13(15(29)27(11)40(34,35)36)23-14(28)12(10-7-38-17(20)22-10)25-37-18(1-2-18)16(30)31/h5,7,11,13H,1-4,6,8,19H2,(H2,20,22)(H,23,28)(H,30,31)(H,34,35,36)/t11-,13+/m1/s1. The molecule has 1 saturated carbocycles. The number of carbonyl (C=O) groups is 3. The van der Waals surface area contributed by atoms with Gasteiger partial charge in [-0.2, -0.15) is 23.4 Å². The Bertz CT molecular complexity index is 1580. The minimum absolute atomic E-state index is 0.0122. The summed E-state index contributed by atoms with van der Waals surface area (Å²) >= 11 is 0.937. The molecule has 0 radical (unpaired) electrons. The van der Waals surface area contributed by atoms with Crippen LogP contribution in [0.5, 0.6) is 0 Å². The fraction of sp³-hybridized carbons (Fsp3) is 0.500. The van der Waals surface area contributed by atoms with Crippen molar-refractivity contribution in [3.63, 3.8) is 0 Å². The van der Waals surface area contributed by atoms with Crippen molar-refractivity contribution < 1.29 is 45.7 Å². The Kier molecular flexibility index (Phi) is 7.81. The zero-order chi connectivity index (χ0) is 29.5. The molecule has 2 amide bonds. The van der Waals surface area contributed by atoms with Gasteiger partial charge in [-0.1, -0.05) is 5.16 Å². The number of nitrogens with two attached hydrogens (primary N) is 2. The lowest BCUT2D eigenvalue weighted by Gasteiger charge is -2.43. The number of carbonyl (C=O) groups excluding carboxylic acids is 2. The molecule has 2 atom stereocenters. The molecule has 1 aliphatic heterocycles. The number of nitrogens with zero attached hydrogens (tertiary/aromatic N) is 6. The number of oxime groups is 1. The minimum atomic E-state index is -5.08. The van der Waals surface area contributed by atoms with Gasteiger partial charge in [0.05, 0.1) is 29.9 Å². The third-order valence-electron chi connectivity index (χ3n) is 5.82. The number of hydrogen-bond acceptors (Lipinski definition) is 15. The van der Waals surface area contributed by atoms with Gasteiger partial charge in [0.2, 0.25) is 5.60 Å². The van der Waals surface area contributed by atoms with Crippen molar-refractivity contribution in [1.29, 1.82) is 0 Å². The lowest BCUT2D eigenvalue weighted by atomic mass is 9.98. The van der Waals surface area contributed by atoms with E-state index in [4.69, 9.17) is 16.3 Å². The van der Waals surface area contributed by atoms with Crippen LogP contribution in [0.1, 0.15) is 24.2 Å². The number of hydrogen-bond donors (Lipinski definition) is 5. The number of nitrogens with one attached hydrogen (secondary N) is 1. The molecule has 1 aliphatic carbocycles. The van der Waals surface area contributed by atoms with Gasteiger partial charge in [0.1, 0.15) is 17.8 Å². The van der Waals surface area contributed by atoms with Crippen LogP contribution in [0, 0.1) is 0 Å². The second-order valence-electron chi connectivity index (χ2n) is 8.80. The second-order valence-corrected chi connectivity index (χ2v) is 13.2. The van der Waals surface area contributed by atoms with Crippen LogP contribution in [0.4, 0.5) is 5.13 Å². The van der Waals surface area contributed by atoms with Gasteiger partial charge in [-0.3, -0.25) is 14.1 Å². The molecule has 0 spiro atoms. The van der Waals surface area contributed by atoms with E-state index in [0.29, 0.717) is 0 Å². The van der Waals surface area contributed by atoms with Gasteiger partial charge in [-0.25, -0.2) is 22.5 Å². The summed E-state index contributed by atoms with van der Waals surface area (Å²) in [6, 6.07) is -3.00. The van der Waals surface area contributed by atoms with Gasteiger partial charge < -0.3 is 26.7 Å². The number of β-lactam (4-membered cyclic amide) rings is 1. The molecule has 0 bridgehead atoms. The molecule has 0 unspecified atom stereocenters. The van der Waals surface area contributed by atoms with E-state index in [1.165, 1.54) is 5.38 Å². The minimum Gasteiger partial charge on any atom is -0.478 e. The van der Waals surface area contributed by atoms with Crippen molar-refractivity contribution in [2.45, 2.75) is 42.8 Å². The Balaban J connectivity index is 1.56. The molecule has 0 aromatic carbocycles. The highest BCUT2D eigenvalue weighted by Crippen LogP contribution is 2.40. The third kappa shape index (κ3) is 6.19. The fourth-order valence-electron chi connectivity index (χ4n) is 3.67. The number of rotatable bonds is 13. The average molecular weight is 622 g/mol. The summed E-state index contributed by atoms with van der Waals surface area (Å²) in [5, 5.41) is 24.4. The smallest absolute Gasteiger partial charge is 0.362 e. The molecule has 2 aliphatic rings. The molecule has 40 heavy (non-hydrogen) atoms. The Morgan fingerprint density at radius 3 is 2.55 bits per heavy atom. The summed E-state index contributed by atoms with van der Waals surface area (Å²) in [7, 11) is -8.66. The van der Waals surface area contributed by atoms with Gasteiger partial charge in [-0.05, 0) is 0 Å². The van der Waals surface area contributed by atoms with Gasteiger partial charge in [0.25, 0.3) is 11.8 Å². The van der Waals surface area contributed by atoms with E-state index in [2.05, 4.69) is 25.7 Å². The molecular weight excluding hydrogens is 598 g/mol. The molecule has 7 N–H and O–H groups in total. The number of carboxylic acids is 1. The van der Waals surface area contributed by atoms with Gasteiger partial charge in [0, 0.05) is 24.8 Å². The van der Waals surface area contributed by atoms with Crippen LogP contribution in [0.2, 0.25) is 0 Å². The van der Waals surface area contributed by atoms with Crippen LogP contribution in [-0.2, 0) is 51.7 Å². The van der Waals surface area contributed by atoms with Crippen molar-refractivity contribution in [3.05, 3.63) is 23.0 Å². The largest absolute Gasteiger partial charge is 0.478 e. The summed E-state index contributed by atoms with van der Waals surface area (Å²) in [5.41, 5.74) is 8.65. The van der Waals surface area contributed by atoms with E-state index in [9.17, 15) is 40.9 Å². The molecule has 1 saturated heterocycles. The van der Waals surface area contributed by atoms with Crippen molar-refractivity contribution >= 4 is 60.1 Å². The summed E-state index contributed by atoms with van der Waals surface area (Å²) in [4.78, 5) is 47.1. The number of aromatic nitrogens is 4. The maximum Gasteiger partial charge on any atom is 0.362 e. The van der Waals surface area contributed by atoms with E-state index in [0.717, 1.165) is 22.3 Å². The topological polar surface area (TPSA) is 292 Å². The van der Waals surface area contributed by atoms with E-state index >= 15 is 0 Å². The van der Waals surface area contributed by atoms with Gasteiger partial charge in [0.15, 0.2) is 20.7 Å². The summed E-state index contributed by atoms with van der Waals surface area (Å²) in [6.07, 6.45) is 1.39. The highest BCUT2D eigenvalue weighted by Gasteiger charge is 2.56. The molecule has 3 heterocycles. The number of carboxylic acid groups (broad SMARTS) is 1. The zero-order valence-corrected chi connectivity index (χ0v) is 22.7. The Hall–Kier alpha value is -3.73. The van der Waals surface area contributed by atoms with Gasteiger partial charge in [-0.15, -0.1) is 11.3 Å². The number of anilines is 1. The molecule has 2 fully saturated rings. The fourth-order valence-corrected chi connectivity index (χ4v) is 6.18. The quantitative estimate of drug-likeness (QED) is 0.0634. The SMILES string of the molecule is NCCS(=O)(=O)Cc1cnn(C[C@@H]2[C@H](NC(=O)C(=NOC3(C(=O)O)CC3)c3csc(N)n3)C(=O)N2S(=O)(=O)O)n1. The monoisotopic (exact) mass is 621 g/mol. The zero-order valence-electron chi connectivity index (χ0n) is 20.3. The van der Waals surface area contributed by atoms with Crippen LogP contribution in [0.25, 0.3) is 0 Å². The number of aliphatic carboxylic acids is 1. The van der Waals surface area contributed by atoms with E-state index in [-0.39, 0.29) is 46.0 Å². The predicted octanol–water partition coefficient (Wildman–Crippen LogP) is -3.27. The average Bonchev–Trinajstić information content (AvgIpc) is 3.33. The highest BCUT2D eigenvalue weighted by atomic mass is 32.2. The Morgan fingerprint density at radius 2 is 2.00 bits per heavy atom. The number of amides is 2. The van der Waals surface area contributed by atoms with Crippen LogP contribution < -0.4 is 16.8 Å². The number of nitrogen functional groups attached to an aromatic ring is 1. The third-order valence-corrected chi connectivity index (χ3v) is 9.04. The normalized spacial score (nSPS) is 20.6. The van der Waals surface area contributed by atoms with E-state index < -0.39 is 73.6 Å². The molecule has 22 heteroatoms. The number of sulfone groups is 1. The molecular formula is C18H23N9O10S3. The first kappa shape index (κ1) is 29.3. The second kappa shape index (κ2) is 10.7. The molecule has 218 valence electrons. The first-order valence-corrected chi connectivity index (χ1v) is 15.4. The van der Waals surface area contributed by atoms with Crippen LogP contribution in [-0.4, -0.2) is 104 Å². The van der Waals surface area contributed by atoms with Crippen molar-refractivity contribution in [2.24, 2.45) is 10.9 Å². The Morgan fingerprint density at radius 1 is 1.30 bits per heavy atom. The van der Waals surface area contributed by atoms with Gasteiger partial charge >= 0.3 is 16.3 Å². The molecule has 2 aromatic heterocycles. The predicted molar refractivity (Wildman–Crippen MR) is 134 cm³/mol. The summed E-state index contributed by atoms with van der Waals surface area (Å²) in [6.45, 7) is -0.589. The number of thiazole rings is 1. The molecule has 19 nitrogen and oxygen atoms in total. The summed E-state index contributed by atoms with van der Waals surface area (Å²) < 4.78 is 57.3. The maximum atomic E-state index is 13.1. The first-order valence-electron chi connectivity index (χ1n) is 11.3. The maximum absolute atomic E-state index is 13.1. The van der Waals surface area contributed by atoms with Crippen LogP contribution in [0.15, 0.2) is 16.7 Å². The highest BCUT2D eigenvalue weighted by molar-refractivity contribution is 7.90. The van der Waals surface area contributed by atoms with Crippen molar-refractivity contribution in [1.82, 2.24) is 29.6 Å². The lowest BCUT2D eigenvalue weighted by molar-refractivity contribution is -0.153. The van der Waals surface area contributed by atoms with Crippen LogP contribution >= 0.6 is 11.3 Å². The Labute approximate surface area is 229 Å². The first-order chi connectivity index (χ1) is 18.7. The van der Waals surface area contributed by atoms with E-state index in [1.807, 2.05) is 0 Å². The van der Waals surface area contributed by atoms with Crippen molar-refractivity contribution in [3.8, 4) is 0 Å². The van der Waals surface area contributed by atoms with E-state index in [1.54, 1.807) is 0 Å². The van der Waals surface area contributed by atoms with Crippen molar-refractivity contribution in [2.75, 3.05) is 18.0 Å². The lowest BCUT2D eigenvalue weighted by Crippen LogP contribution is -2.73. The van der Waals surface area contributed by atoms with Crippen LogP contribution in [0.3, 0.4) is 0 Å². The molecule has 2 aromatic rings.